The predicted molar refractivity (Wildman–Crippen MR) is 114 cm³/mol. The average molecular weight is 416 g/mol. The van der Waals surface area contributed by atoms with Gasteiger partial charge < -0.3 is 11.1 Å². The molecule has 2 rings (SSSR count). The summed E-state index contributed by atoms with van der Waals surface area (Å²) in [6.45, 7) is 6.23. The van der Waals surface area contributed by atoms with Gasteiger partial charge in [-0.3, -0.25) is 19.7 Å². The van der Waals surface area contributed by atoms with Crippen molar-refractivity contribution in [3.63, 3.8) is 0 Å². The molecule has 8 heteroatoms. The van der Waals surface area contributed by atoms with Crippen LogP contribution >= 0.6 is 11.8 Å². The van der Waals surface area contributed by atoms with E-state index in [0.717, 1.165) is 29.8 Å². The fraction of sp³-hybridized carbons (Fsp3) is 0.333. The molecule has 0 aliphatic carbocycles. The van der Waals surface area contributed by atoms with E-state index in [-0.39, 0.29) is 29.0 Å². The Hall–Kier alpha value is -2.87. The second kappa shape index (κ2) is 10.1. The molecule has 0 bridgehead atoms. The summed E-state index contributed by atoms with van der Waals surface area (Å²) >= 11 is 1.04. The highest BCUT2D eigenvalue weighted by molar-refractivity contribution is 8.00. The first-order valence-electron chi connectivity index (χ1n) is 9.26. The lowest BCUT2D eigenvalue weighted by atomic mass is 10.00. The van der Waals surface area contributed by atoms with Crippen molar-refractivity contribution in [2.24, 2.45) is 11.7 Å². The van der Waals surface area contributed by atoms with Gasteiger partial charge in [-0.05, 0) is 42.5 Å². The summed E-state index contributed by atoms with van der Waals surface area (Å²) in [5, 5.41) is 14.1. The highest BCUT2D eigenvalue weighted by atomic mass is 32.2. The smallest absolute Gasteiger partial charge is 0.283 e. The summed E-state index contributed by atoms with van der Waals surface area (Å²) in [6, 6.07) is 11.9. The molecule has 0 radical (unpaired) electrons. The molecule has 0 aromatic heterocycles. The molecule has 2 amide bonds. The van der Waals surface area contributed by atoms with Crippen LogP contribution in [0.5, 0.6) is 0 Å². The van der Waals surface area contributed by atoms with Crippen molar-refractivity contribution in [2.45, 2.75) is 38.1 Å². The third-order valence-electron chi connectivity index (χ3n) is 4.30. The Morgan fingerprint density at radius 2 is 1.79 bits per heavy atom. The number of thioether (sulfide) groups is 1. The number of hydrogen-bond donors (Lipinski definition) is 2. The zero-order chi connectivity index (χ0) is 21.6. The summed E-state index contributed by atoms with van der Waals surface area (Å²) in [5.41, 5.74) is 7.23. The Kier molecular flexibility index (Phi) is 7.78. The van der Waals surface area contributed by atoms with E-state index in [2.05, 4.69) is 31.3 Å². The summed E-state index contributed by atoms with van der Waals surface area (Å²) < 4.78 is 0. The minimum absolute atomic E-state index is 0.0204. The topological polar surface area (TPSA) is 115 Å². The SMILES string of the molecule is CC(C)Cc1ccc(C(C)NC(=O)CSc2ccc(C(N)=O)cc2[N+](=O)[O-])cc1. The van der Waals surface area contributed by atoms with Crippen LogP contribution in [0.4, 0.5) is 5.69 Å². The van der Waals surface area contributed by atoms with E-state index in [1.54, 1.807) is 0 Å². The number of nitrogens with zero attached hydrogens (tertiary/aromatic N) is 1. The molecule has 0 aliphatic heterocycles. The molecule has 0 heterocycles. The quantitative estimate of drug-likeness (QED) is 0.366. The number of hydrogen-bond acceptors (Lipinski definition) is 5. The lowest BCUT2D eigenvalue weighted by molar-refractivity contribution is -0.387. The van der Waals surface area contributed by atoms with E-state index >= 15 is 0 Å². The highest BCUT2D eigenvalue weighted by Gasteiger charge is 2.18. The van der Waals surface area contributed by atoms with E-state index in [1.165, 1.54) is 17.7 Å². The first-order chi connectivity index (χ1) is 13.7. The molecular weight excluding hydrogens is 390 g/mol. The van der Waals surface area contributed by atoms with Crippen LogP contribution in [0.3, 0.4) is 0 Å². The fourth-order valence-corrected chi connectivity index (χ4v) is 3.67. The van der Waals surface area contributed by atoms with Crippen LogP contribution in [0.25, 0.3) is 0 Å². The number of nitrogens with two attached hydrogens (primary N) is 1. The number of amides is 2. The molecule has 29 heavy (non-hydrogen) atoms. The predicted octanol–water partition coefficient (Wildman–Crippen LogP) is 3.86. The van der Waals surface area contributed by atoms with Gasteiger partial charge >= 0.3 is 0 Å². The third kappa shape index (κ3) is 6.60. The molecule has 0 spiro atoms. The van der Waals surface area contributed by atoms with E-state index < -0.39 is 10.8 Å². The summed E-state index contributed by atoms with van der Waals surface area (Å²) in [5.74, 6) is -0.374. The number of nitro benzene ring substituents is 1. The maximum atomic E-state index is 12.3. The van der Waals surface area contributed by atoms with Gasteiger partial charge in [0.05, 0.1) is 21.6 Å². The van der Waals surface area contributed by atoms with Gasteiger partial charge in [0.1, 0.15) is 0 Å². The van der Waals surface area contributed by atoms with Gasteiger partial charge in [-0.15, -0.1) is 11.8 Å². The number of carbonyl (C=O) groups excluding carboxylic acids is 2. The van der Waals surface area contributed by atoms with Crippen molar-refractivity contribution in [3.05, 3.63) is 69.3 Å². The first kappa shape index (κ1) is 22.4. The summed E-state index contributed by atoms with van der Waals surface area (Å²) in [4.78, 5) is 34.5. The van der Waals surface area contributed by atoms with Gasteiger partial charge in [-0.1, -0.05) is 38.1 Å². The van der Waals surface area contributed by atoms with Crippen molar-refractivity contribution in [3.8, 4) is 0 Å². The molecule has 2 aromatic carbocycles. The van der Waals surface area contributed by atoms with E-state index in [1.807, 2.05) is 19.1 Å². The van der Waals surface area contributed by atoms with Gasteiger partial charge in [0.15, 0.2) is 0 Å². The van der Waals surface area contributed by atoms with Crippen LogP contribution < -0.4 is 11.1 Å². The van der Waals surface area contributed by atoms with Gasteiger partial charge in [0.25, 0.3) is 5.69 Å². The van der Waals surface area contributed by atoms with Crippen LogP contribution in [-0.2, 0) is 11.2 Å². The van der Waals surface area contributed by atoms with Gasteiger partial charge in [-0.25, -0.2) is 0 Å². The monoisotopic (exact) mass is 415 g/mol. The van der Waals surface area contributed by atoms with Crippen molar-refractivity contribution >= 4 is 29.3 Å². The Bertz CT molecular complexity index is 897. The van der Waals surface area contributed by atoms with Crippen LogP contribution in [0, 0.1) is 16.0 Å². The molecule has 7 nitrogen and oxygen atoms in total. The number of rotatable bonds is 9. The Labute approximate surface area is 174 Å². The van der Waals surface area contributed by atoms with Crippen molar-refractivity contribution in [1.29, 1.82) is 0 Å². The number of nitrogens with one attached hydrogen (secondary N) is 1. The van der Waals surface area contributed by atoms with E-state index in [0.29, 0.717) is 10.8 Å². The maximum absolute atomic E-state index is 12.3. The van der Waals surface area contributed by atoms with Crippen molar-refractivity contribution < 1.29 is 14.5 Å². The van der Waals surface area contributed by atoms with Crippen LogP contribution in [-0.4, -0.2) is 22.5 Å². The van der Waals surface area contributed by atoms with Crippen LogP contribution in [0.1, 0.15) is 48.3 Å². The molecule has 3 N–H and O–H groups in total. The third-order valence-corrected chi connectivity index (χ3v) is 5.36. The Balaban J connectivity index is 1.97. The molecule has 1 unspecified atom stereocenters. The number of carbonyl (C=O) groups is 2. The Morgan fingerprint density at radius 1 is 1.14 bits per heavy atom. The first-order valence-corrected chi connectivity index (χ1v) is 10.2. The number of nitro groups is 1. The molecule has 1 atom stereocenters. The van der Waals surface area contributed by atoms with Crippen molar-refractivity contribution in [2.75, 3.05) is 5.75 Å². The lowest BCUT2D eigenvalue weighted by Gasteiger charge is -2.15. The average Bonchev–Trinajstić information content (AvgIpc) is 2.66. The number of primary amides is 1. The second-order valence-electron chi connectivity index (χ2n) is 7.22. The number of benzene rings is 2. The van der Waals surface area contributed by atoms with Gasteiger partial charge in [0, 0.05) is 11.6 Å². The maximum Gasteiger partial charge on any atom is 0.283 e. The zero-order valence-electron chi connectivity index (χ0n) is 16.7. The minimum atomic E-state index is -0.740. The van der Waals surface area contributed by atoms with E-state index in [9.17, 15) is 19.7 Å². The standard InChI is InChI=1S/C21H25N3O4S/c1-13(2)10-15-4-6-16(7-5-15)14(3)23-20(25)12-29-19-9-8-17(21(22)26)11-18(19)24(27)28/h4-9,11,13-14H,10,12H2,1-3H3,(H2,22,26)(H,23,25). The summed E-state index contributed by atoms with van der Waals surface area (Å²) in [6.07, 6.45) is 1.00. The molecule has 0 saturated carbocycles. The fourth-order valence-electron chi connectivity index (χ4n) is 2.86. The zero-order valence-corrected chi connectivity index (χ0v) is 17.5. The molecule has 154 valence electrons. The molecule has 0 saturated heterocycles. The Morgan fingerprint density at radius 3 is 2.34 bits per heavy atom. The normalized spacial score (nSPS) is 11.9. The van der Waals surface area contributed by atoms with E-state index in [4.69, 9.17) is 5.73 Å². The van der Waals surface area contributed by atoms with Crippen LogP contribution in [0.15, 0.2) is 47.4 Å². The highest BCUT2D eigenvalue weighted by Crippen LogP contribution is 2.30. The molecular formula is C21H25N3O4S. The second-order valence-corrected chi connectivity index (χ2v) is 8.24. The lowest BCUT2D eigenvalue weighted by Crippen LogP contribution is -2.28. The summed E-state index contributed by atoms with van der Waals surface area (Å²) in [7, 11) is 0. The van der Waals surface area contributed by atoms with Crippen molar-refractivity contribution in [1.82, 2.24) is 5.32 Å². The molecule has 2 aromatic rings. The van der Waals surface area contributed by atoms with Crippen LogP contribution in [0.2, 0.25) is 0 Å². The minimum Gasteiger partial charge on any atom is -0.366 e. The molecule has 0 fully saturated rings. The molecule has 0 aliphatic rings. The largest absolute Gasteiger partial charge is 0.366 e. The van der Waals surface area contributed by atoms with Gasteiger partial charge in [0.2, 0.25) is 11.8 Å². The van der Waals surface area contributed by atoms with Gasteiger partial charge in [-0.2, -0.15) is 0 Å².